The number of hydrogen-bond donors (Lipinski definition) is 0. The Balaban J connectivity index is 1.53. The normalized spacial score (nSPS) is 30.8. The molecule has 4 atom stereocenters. The molecule has 3 fully saturated rings. The monoisotopic (exact) mass is 387 g/mol. The number of likely N-dealkylation sites (N-methyl/N-ethyl adjacent to an activating group) is 1. The zero-order chi connectivity index (χ0) is 19.8. The summed E-state index contributed by atoms with van der Waals surface area (Å²) in [6.07, 6.45) is 7.49. The Kier molecular flexibility index (Phi) is 5.79. The molecular formula is C22H37N5O. The molecule has 0 spiro atoms. The molecule has 0 aromatic carbocycles. The maximum Gasteiger partial charge on any atom is 0.223 e. The molecule has 1 aromatic rings. The number of fused-ring (bicyclic) bond motifs is 4. The van der Waals surface area contributed by atoms with E-state index in [1.807, 2.05) is 0 Å². The second-order valence-electron chi connectivity index (χ2n) is 9.52. The second-order valence-corrected chi connectivity index (χ2v) is 9.52. The van der Waals surface area contributed by atoms with Crippen molar-refractivity contribution >= 4 is 5.91 Å². The lowest BCUT2D eigenvalue weighted by molar-refractivity contribution is -0.153. The van der Waals surface area contributed by atoms with Crippen LogP contribution in [0.25, 0.3) is 0 Å². The highest BCUT2D eigenvalue weighted by Crippen LogP contribution is 2.42. The molecule has 156 valence electrons. The van der Waals surface area contributed by atoms with Crippen LogP contribution in [0, 0.1) is 18.8 Å². The first kappa shape index (κ1) is 19.9. The van der Waals surface area contributed by atoms with E-state index in [0.29, 0.717) is 29.8 Å². The number of aromatic nitrogens is 2. The number of aryl methyl sites for hydroxylation is 1. The fraction of sp³-hybridized carbons (Fsp3) is 0.818. The third-order valence-corrected chi connectivity index (χ3v) is 7.16. The van der Waals surface area contributed by atoms with Gasteiger partial charge >= 0.3 is 0 Å². The minimum Gasteiger partial charge on any atom is -0.335 e. The molecule has 0 saturated carbocycles. The molecule has 28 heavy (non-hydrogen) atoms. The van der Waals surface area contributed by atoms with Crippen LogP contribution in [-0.4, -0.2) is 76.2 Å². The molecule has 6 heteroatoms. The summed E-state index contributed by atoms with van der Waals surface area (Å²) < 4.78 is 2.15. The van der Waals surface area contributed by atoms with Crippen LogP contribution in [-0.2, 0) is 17.9 Å². The number of nitrogens with zero attached hydrogens (tertiary/aromatic N) is 5. The van der Waals surface area contributed by atoms with E-state index in [4.69, 9.17) is 0 Å². The number of hydrogen-bond acceptors (Lipinski definition) is 4. The van der Waals surface area contributed by atoms with Crippen molar-refractivity contribution in [3.05, 3.63) is 17.5 Å². The lowest BCUT2D eigenvalue weighted by atomic mass is 9.72. The largest absolute Gasteiger partial charge is 0.335 e. The quantitative estimate of drug-likeness (QED) is 0.752. The smallest absolute Gasteiger partial charge is 0.223 e. The van der Waals surface area contributed by atoms with Crippen LogP contribution in [0.15, 0.2) is 6.20 Å². The topological polar surface area (TPSA) is 44.6 Å². The Morgan fingerprint density at radius 1 is 1.25 bits per heavy atom. The van der Waals surface area contributed by atoms with Crippen molar-refractivity contribution in [2.75, 3.05) is 33.7 Å². The summed E-state index contributed by atoms with van der Waals surface area (Å²) in [5.74, 6) is 1.63. The third kappa shape index (κ3) is 3.73. The van der Waals surface area contributed by atoms with Crippen molar-refractivity contribution in [2.24, 2.45) is 11.8 Å². The van der Waals surface area contributed by atoms with E-state index < -0.39 is 0 Å². The summed E-state index contributed by atoms with van der Waals surface area (Å²) in [6.45, 7) is 9.62. The van der Waals surface area contributed by atoms with Crippen molar-refractivity contribution in [1.82, 2.24) is 24.5 Å². The Bertz CT molecular complexity index is 699. The van der Waals surface area contributed by atoms with Crippen LogP contribution in [0.2, 0.25) is 0 Å². The van der Waals surface area contributed by atoms with Gasteiger partial charge in [-0.3, -0.25) is 14.4 Å². The average molecular weight is 388 g/mol. The van der Waals surface area contributed by atoms with E-state index in [9.17, 15) is 4.79 Å². The second kappa shape index (κ2) is 8.15. The highest BCUT2D eigenvalue weighted by Gasteiger charge is 2.49. The molecule has 4 rings (SSSR count). The lowest BCUT2D eigenvalue weighted by Crippen LogP contribution is -2.66. The summed E-state index contributed by atoms with van der Waals surface area (Å²) in [6, 6.07) is 0.824. The van der Waals surface area contributed by atoms with E-state index >= 15 is 0 Å². The number of likely N-dealkylation sites (tertiary alicyclic amines) is 1. The van der Waals surface area contributed by atoms with Gasteiger partial charge < -0.3 is 9.80 Å². The van der Waals surface area contributed by atoms with Crippen molar-refractivity contribution < 1.29 is 4.79 Å². The molecule has 3 saturated heterocycles. The lowest BCUT2D eigenvalue weighted by Gasteiger charge is -2.57. The molecular weight excluding hydrogens is 350 g/mol. The average Bonchev–Trinajstić information content (AvgIpc) is 2.99. The third-order valence-electron chi connectivity index (χ3n) is 7.16. The molecule has 0 radical (unpaired) electrons. The minimum absolute atomic E-state index is 0.371. The van der Waals surface area contributed by atoms with Gasteiger partial charge in [-0.05, 0) is 58.5 Å². The molecule has 2 bridgehead atoms. The number of amides is 1. The molecule has 6 nitrogen and oxygen atoms in total. The minimum atomic E-state index is 0.371. The zero-order valence-electron chi connectivity index (χ0n) is 18.1. The Morgan fingerprint density at radius 3 is 2.79 bits per heavy atom. The first-order valence-corrected chi connectivity index (χ1v) is 11.2. The zero-order valence-corrected chi connectivity index (χ0v) is 18.1. The van der Waals surface area contributed by atoms with Gasteiger partial charge in [0, 0.05) is 62.5 Å². The molecule has 0 aliphatic carbocycles. The van der Waals surface area contributed by atoms with Gasteiger partial charge in [0.25, 0.3) is 0 Å². The molecule has 0 N–H and O–H groups in total. The summed E-state index contributed by atoms with van der Waals surface area (Å²) >= 11 is 0. The Labute approximate surface area is 169 Å². The van der Waals surface area contributed by atoms with Crippen LogP contribution < -0.4 is 0 Å². The maximum atomic E-state index is 12.8. The predicted molar refractivity (Wildman–Crippen MR) is 111 cm³/mol. The van der Waals surface area contributed by atoms with Crippen molar-refractivity contribution in [3.63, 3.8) is 0 Å². The van der Waals surface area contributed by atoms with Gasteiger partial charge in [0.05, 0.1) is 6.20 Å². The molecule has 3 aliphatic rings. The van der Waals surface area contributed by atoms with Gasteiger partial charge in [0.2, 0.25) is 5.91 Å². The van der Waals surface area contributed by atoms with Gasteiger partial charge in [-0.2, -0.15) is 5.10 Å². The SMILES string of the molecule is CCCn1ncc(CN2C[C@H]3C[C@@H](C2)[C@H](CN(C)C)N2C(=O)CCC[C@@H]32)c1C. The van der Waals surface area contributed by atoms with Crippen LogP contribution in [0.1, 0.15) is 50.3 Å². The predicted octanol–water partition coefficient (Wildman–Crippen LogP) is 2.36. The van der Waals surface area contributed by atoms with Crippen LogP contribution in [0.3, 0.4) is 0 Å². The first-order chi connectivity index (χ1) is 13.5. The first-order valence-electron chi connectivity index (χ1n) is 11.2. The van der Waals surface area contributed by atoms with Crippen LogP contribution >= 0.6 is 0 Å². The fourth-order valence-electron chi connectivity index (χ4n) is 5.93. The molecule has 4 heterocycles. The van der Waals surface area contributed by atoms with E-state index in [1.165, 1.54) is 24.1 Å². The summed E-state index contributed by atoms with van der Waals surface area (Å²) in [5, 5.41) is 4.60. The van der Waals surface area contributed by atoms with Crippen LogP contribution in [0.5, 0.6) is 0 Å². The summed E-state index contributed by atoms with van der Waals surface area (Å²) in [4.78, 5) is 20.1. The standard InChI is InChI=1S/C22H37N5O/c1-5-9-26-16(2)19(11-23-26)14-25-12-17-10-18(13-25)21(15-24(3)4)27-20(17)7-6-8-22(27)28/h11,17-18,20-21H,5-10,12-15H2,1-4H3/t17-,18+,20+,21+/m1/s1. The number of piperidine rings is 3. The van der Waals surface area contributed by atoms with Crippen LogP contribution in [0.4, 0.5) is 0 Å². The van der Waals surface area contributed by atoms with Gasteiger partial charge in [0.1, 0.15) is 0 Å². The molecule has 0 unspecified atom stereocenters. The Hall–Kier alpha value is -1.40. The van der Waals surface area contributed by atoms with E-state index in [-0.39, 0.29) is 0 Å². The van der Waals surface area contributed by atoms with Gasteiger partial charge in [-0.15, -0.1) is 0 Å². The molecule has 1 amide bonds. The molecule has 1 aromatic heterocycles. The summed E-state index contributed by atoms with van der Waals surface area (Å²) in [5.41, 5.74) is 2.69. The highest BCUT2D eigenvalue weighted by molar-refractivity contribution is 5.78. The van der Waals surface area contributed by atoms with Gasteiger partial charge in [0.15, 0.2) is 0 Å². The highest BCUT2D eigenvalue weighted by atomic mass is 16.2. The fourth-order valence-corrected chi connectivity index (χ4v) is 5.93. The molecule has 3 aliphatic heterocycles. The van der Waals surface area contributed by atoms with Crippen molar-refractivity contribution in [3.8, 4) is 0 Å². The van der Waals surface area contributed by atoms with Gasteiger partial charge in [-0.1, -0.05) is 6.92 Å². The van der Waals surface area contributed by atoms with E-state index in [0.717, 1.165) is 52.0 Å². The van der Waals surface area contributed by atoms with Crippen molar-refractivity contribution in [1.29, 1.82) is 0 Å². The number of carbonyl (C=O) groups excluding carboxylic acids is 1. The van der Waals surface area contributed by atoms with Crippen molar-refractivity contribution in [2.45, 2.75) is 71.1 Å². The van der Waals surface area contributed by atoms with Gasteiger partial charge in [-0.25, -0.2) is 0 Å². The summed E-state index contributed by atoms with van der Waals surface area (Å²) in [7, 11) is 4.28. The number of carbonyl (C=O) groups is 1. The van der Waals surface area contributed by atoms with E-state index in [1.54, 1.807) is 0 Å². The van der Waals surface area contributed by atoms with E-state index in [2.05, 4.69) is 58.6 Å². The Morgan fingerprint density at radius 2 is 2.04 bits per heavy atom. The number of rotatable bonds is 6. The maximum absolute atomic E-state index is 12.8.